The number of benzene rings is 1. The van der Waals surface area contributed by atoms with Gasteiger partial charge in [-0.25, -0.2) is 13.1 Å². The zero-order chi connectivity index (χ0) is 25.5. The molecule has 0 atom stereocenters. The van der Waals surface area contributed by atoms with E-state index < -0.39 is 26.2 Å². The van der Waals surface area contributed by atoms with Crippen molar-refractivity contribution in [3.05, 3.63) is 63.6 Å². The summed E-state index contributed by atoms with van der Waals surface area (Å²) in [6.45, 7) is 0.0734. The number of carbonyl (C=O) groups is 1. The Kier molecular flexibility index (Phi) is 5.97. The first-order valence-electron chi connectivity index (χ1n) is 11.5. The van der Waals surface area contributed by atoms with Gasteiger partial charge >= 0.3 is 0 Å². The van der Waals surface area contributed by atoms with Crippen LogP contribution < -0.4 is 20.3 Å². The topological polar surface area (TPSA) is 156 Å². The van der Waals surface area contributed by atoms with Crippen molar-refractivity contribution < 1.29 is 17.9 Å². The molecule has 2 saturated carbocycles. The minimum Gasteiger partial charge on any atom is -0.473 e. The molecule has 0 bridgehead atoms. The molecule has 2 aromatic heterocycles. The summed E-state index contributed by atoms with van der Waals surface area (Å²) in [6, 6.07) is 10.2. The molecule has 2 fully saturated rings. The maximum atomic E-state index is 13.0. The number of pyridine rings is 1. The predicted molar refractivity (Wildman–Crippen MR) is 130 cm³/mol. The Morgan fingerprint density at radius 3 is 2.64 bits per heavy atom. The second-order valence-corrected chi connectivity index (χ2v) is 11.3. The third kappa shape index (κ3) is 4.55. The molecule has 12 heteroatoms. The van der Waals surface area contributed by atoms with Crippen LogP contribution >= 0.6 is 0 Å². The number of amides is 1. The van der Waals surface area contributed by atoms with Crippen molar-refractivity contribution in [2.24, 2.45) is 7.05 Å². The minimum atomic E-state index is -3.54. The van der Waals surface area contributed by atoms with Crippen LogP contribution in [0.2, 0.25) is 0 Å². The molecule has 0 aliphatic heterocycles. The Morgan fingerprint density at radius 2 is 2.00 bits per heavy atom. The highest BCUT2D eigenvalue weighted by atomic mass is 32.2. The molecule has 2 N–H and O–H groups in total. The molecule has 11 nitrogen and oxygen atoms in total. The highest BCUT2D eigenvalue weighted by molar-refractivity contribution is 7.91. The number of nitrogens with zero attached hydrogens (tertiary/aromatic N) is 4. The second-order valence-electron chi connectivity index (χ2n) is 9.23. The number of aryl methyl sites for hydroxylation is 1. The van der Waals surface area contributed by atoms with E-state index in [4.69, 9.17) is 10.00 Å². The Labute approximate surface area is 207 Å². The molecule has 3 aromatic rings. The van der Waals surface area contributed by atoms with Gasteiger partial charge in [0.1, 0.15) is 22.4 Å². The fourth-order valence-electron chi connectivity index (χ4n) is 3.93. The number of carbonyl (C=O) groups excluding carboxylic acids is 1. The fraction of sp³-hybridized carbons (Fsp3) is 0.375. The van der Waals surface area contributed by atoms with Crippen molar-refractivity contribution in [2.45, 2.75) is 43.0 Å². The highest BCUT2D eigenvalue weighted by Crippen LogP contribution is 2.44. The van der Waals surface area contributed by atoms with Crippen molar-refractivity contribution in [3.63, 3.8) is 0 Å². The standard InChI is InChI=1S/C24H24N6O5S/c1-30-20-17(10-19(23(30)32)21(31)26-12-16-4-2-15(11-25)3-5-16)13-27-28-22(20)35-14-24(8-9-24)36(33,34)29-18-6-7-18/h2-5,10,13,18,29H,6-9,12,14H2,1H3,(H,26,31). The average molecular weight is 509 g/mol. The van der Waals surface area contributed by atoms with Crippen molar-refractivity contribution in [1.29, 1.82) is 5.26 Å². The molecule has 0 spiro atoms. The smallest absolute Gasteiger partial charge is 0.263 e. The van der Waals surface area contributed by atoms with Crippen molar-refractivity contribution in [2.75, 3.05) is 6.61 Å². The van der Waals surface area contributed by atoms with Crippen LogP contribution in [0.15, 0.2) is 41.3 Å². The monoisotopic (exact) mass is 508 g/mol. The quantitative estimate of drug-likeness (QED) is 0.436. The van der Waals surface area contributed by atoms with Crippen LogP contribution in [0.5, 0.6) is 5.88 Å². The lowest BCUT2D eigenvalue weighted by atomic mass is 10.1. The fourth-order valence-corrected chi connectivity index (χ4v) is 5.71. The SMILES string of the molecule is Cn1c(=O)c(C(=O)NCc2ccc(C#N)cc2)cc2cnnc(OCC3(S(=O)(=O)NC4CC4)CC3)c21. The van der Waals surface area contributed by atoms with E-state index in [-0.39, 0.29) is 30.6 Å². The summed E-state index contributed by atoms with van der Waals surface area (Å²) >= 11 is 0. The summed E-state index contributed by atoms with van der Waals surface area (Å²) in [4.78, 5) is 25.8. The van der Waals surface area contributed by atoms with Crippen LogP contribution in [0.25, 0.3) is 10.9 Å². The van der Waals surface area contributed by atoms with Gasteiger partial charge in [0.25, 0.3) is 17.3 Å². The number of hydrogen-bond acceptors (Lipinski definition) is 8. The zero-order valence-corrected chi connectivity index (χ0v) is 20.3. The lowest BCUT2D eigenvalue weighted by Gasteiger charge is -2.18. The van der Waals surface area contributed by atoms with Crippen LogP contribution in [0.3, 0.4) is 0 Å². The highest BCUT2D eigenvalue weighted by Gasteiger charge is 2.56. The van der Waals surface area contributed by atoms with E-state index >= 15 is 0 Å². The van der Waals surface area contributed by atoms with Crippen molar-refractivity contribution in [3.8, 4) is 11.9 Å². The van der Waals surface area contributed by atoms with Gasteiger partial charge in [0, 0.05) is 25.0 Å². The van der Waals surface area contributed by atoms with E-state index in [1.165, 1.54) is 23.9 Å². The number of hydrogen-bond donors (Lipinski definition) is 2. The second kappa shape index (κ2) is 9.00. The summed E-state index contributed by atoms with van der Waals surface area (Å²) in [7, 11) is -2.04. The number of nitriles is 1. The van der Waals surface area contributed by atoms with E-state index in [2.05, 4.69) is 20.2 Å². The summed E-state index contributed by atoms with van der Waals surface area (Å²) in [6.07, 6.45) is 4.07. The van der Waals surface area contributed by atoms with Crippen LogP contribution in [-0.2, 0) is 23.6 Å². The average Bonchev–Trinajstić information content (AvgIpc) is 3.80. The van der Waals surface area contributed by atoms with Crippen LogP contribution in [-0.4, -0.2) is 46.5 Å². The summed E-state index contributed by atoms with van der Waals surface area (Å²) in [5, 5.41) is 20.0. The van der Waals surface area contributed by atoms with E-state index in [1.807, 2.05) is 6.07 Å². The molecule has 2 aliphatic rings. The van der Waals surface area contributed by atoms with Gasteiger partial charge in [0.05, 0.1) is 17.8 Å². The third-order valence-electron chi connectivity index (χ3n) is 6.52. The predicted octanol–water partition coefficient (Wildman–Crippen LogP) is 1.12. The maximum absolute atomic E-state index is 13.0. The van der Waals surface area contributed by atoms with E-state index in [0.29, 0.717) is 29.3 Å². The lowest BCUT2D eigenvalue weighted by Crippen LogP contribution is -2.41. The van der Waals surface area contributed by atoms with Gasteiger partial charge in [-0.3, -0.25) is 9.59 Å². The number of nitrogens with one attached hydrogen (secondary N) is 2. The number of rotatable bonds is 9. The summed E-state index contributed by atoms with van der Waals surface area (Å²) < 4.78 is 34.3. The van der Waals surface area contributed by atoms with Gasteiger partial charge in [0.2, 0.25) is 10.0 Å². The molecule has 0 radical (unpaired) electrons. The first-order chi connectivity index (χ1) is 17.2. The Hall–Kier alpha value is -3.82. The van der Waals surface area contributed by atoms with Gasteiger partial charge in [-0.1, -0.05) is 12.1 Å². The van der Waals surface area contributed by atoms with Crippen LogP contribution in [0.4, 0.5) is 0 Å². The molecule has 0 saturated heterocycles. The van der Waals surface area contributed by atoms with Crippen LogP contribution in [0.1, 0.15) is 47.2 Å². The number of fused-ring (bicyclic) bond motifs is 1. The normalized spacial score (nSPS) is 16.3. The van der Waals surface area contributed by atoms with Crippen molar-refractivity contribution >= 4 is 26.8 Å². The molecular formula is C24H24N6O5S. The van der Waals surface area contributed by atoms with E-state index in [9.17, 15) is 18.0 Å². The first kappa shape index (κ1) is 23.9. The molecule has 1 amide bonds. The molecule has 2 heterocycles. The molecule has 0 unspecified atom stereocenters. The van der Waals surface area contributed by atoms with Gasteiger partial charge < -0.3 is 14.6 Å². The molecule has 36 heavy (non-hydrogen) atoms. The van der Waals surface area contributed by atoms with E-state index in [1.54, 1.807) is 24.3 Å². The van der Waals surface area contributed by atoms with Crippen molar-refractivity contribution in [1.82, 2.24) is 24.8 Å². The summed E-state index contributed by atoms with van der Waals surface area (Å²) in [5.74, 6) is -0.528. The number of sulfonamides is 1. The van der Waals surface area contributed by atoms with E-state index in [0.717, 1.165) is 18.4 Å². The molecule has 5 rings (SSSR count). The molecule has 1 aromatic carbocycles. The summed E-state index contributed by atoms with van der Waals surface area (Å²) in [5.41, 5.74) is 0.981. The molecule has 186 valence electrons. The molecule has 2 aliphatic carbocycles. The Morgan fingerprint density at radius 1 is 1.28 bits per heavy atom. The number of aromatic nitrogens is 3. The van der Waals surface area contributed by atoms with Gasteiger partial charge in [0.15, 0.2) is 0 Å². The van der Waals surface area contributed by atoms with Gasteiger partial charge in [-0.05, 0) is 49.4 Å². The minimum absolute atomic E-state index is 0.00660. The zero-order valence-electron chi connectivity index (χ0n) is 19.5. The number of ether oxygens (including phenoxy) is 1. The molecular weight excluding hydrogens is 484 g/mol. The van der Waals surface area contributed by atoms with Gasteiger partial charge in [-0.15, -0.1) is 5.10 Å². The largest absolute Gasteiger partial charge is 0.473 e. The Bertz CT molecular complexity index is 1550. The maximum Gasteiger partial charge on any atom is 0.263 e. The Balaban J connectivity index is 1.35. The lowest BCUT2D eigenvalue weighted by molar-refractivity contribution is 0.0949. The third-order valence-corrected chi connectivity index (χ3v) is 8.83. The first-order valence-corrected chi connectivity index (χ1v) is 13.0. The van der Waals surface area contributed by atoms with Gasteiger partial charge in [-0.2, -0.15) is 10.4 Å². The van der Waals surface area contributed by atoms with Crippen LogP contribution in [0, 0.1) is 11.3 Å².